The average molecular weight is 391 g/mol. The van der Waals surface area contributed by atoms with Crippen molar-refractivity contribution < 1.29 is 21.9 Å². The SMILES string of the molecule is COc1ccc(OS(=O)(=O)O)cc1Cc1cnc2nc(N)nc(N)c2c1C. The molecule has 27 heavy (non-hydrogen) atoms. The number of aromatic nitrogens is 3. The molecule has 142 valence electrons. The Hall–Kier alpha value is -3.18. The lowest BCUT2D eigenvalue weighted by Gasteiger charge is -2.13. The van der Waals surface area contributed by atoms with Gasteiger partial charge >= 0.3 is 10.4 Å². The first kappa shape index (κ1) is 18.6. The number of pyridine rings is 1. The van der Waals surface area contributed by atoms with Gasteiger partial charge in [-0.15, -0.1) is 0 Å². The van der Waals surface area contributed by atoms with E-state index in [4.69, 9.17) is 20.8 Å². The predicted octanol–water partition coefficient (Wildman–Crippen LogP) is 1.28. The van der Waals surface area contributed by atoms with Gasteiger partial charge in [-0.25, -0.2) is 4.98 Å². The molecule has 3 rings (SSSR count). The number of fused-ring (bicyclic) bond motifs is 1. The molecule has 0 amide bonds. The van der Waals surface area contributed by atoms with E-state index in [-0.39, 0.29) is 17.5 Å². The fourth-order valence-corrected chi connectivity index (χ4v) is 3.13. The Morgan fingerprint density at radius 2 is 1.93 bits per heavy atom. The molecule has 2 aromatic heterocycles. The van der Waals surface area contributed by atoms with E-state index in [1.54, 1.807) is 6.20 Å². The van der Waals surface area contributed by atoms with Crippen molar-refractivity contribution in [3.05, 3.63) is 41.1 Å². The maximum atomic E-state index is 10.9. The van der Waals surface area contributed by atoms with Gasteiger partial charge in [0.2, 0.25) is 5.95 Å². The van der Waals surface area contributed by atoms with E-state index in [0.717, 1.165) is 11.1 Å². The summed E-state index contributed by atoms with van der Waals surface area (Å²) in [6.45, 7) is 1.85. The predicted molar refractivity (Wildman–Crippen MR) is 98.9 cm³/mol. The number of nitrogens with two attached hydrogens (primary N) is 2. The molecule has 11 heteroatoms. The van der Waals surface area contributed by atoms with Crippen LogP contribution in [0, 0.1) is 6.92 Å². The highest BCUT2D eigenvalue weighted by molar-refractivity contribution is 7.81. The van der Waals surface area contributed by atoms with Crippen LogP contribution in [-0.2, 0) is 16.8 Å². The molecule has 0 atom stereocenters. The maximum Gasteiger partial charge on any atom is 0.446 e. The quantitative estimate of drug-likeness (QED) is 0.540. The number of anilines is 2. The second kappa shape index (κ2) is 6.85. The van der Waals surface area contributed by atoms with Crippen molar-refractivity contribution in [3.63, 3.8) is 0 Å². The van der Waals surface area contributed by atoms with Crippen LogP contribution in [0.1, 0.15) is 16.7 Å². The standard InChI is InChI=1S/C16H17N5O5S/c1-8-10(7-19-15-13(8)14(17)20-16(18)21-15)5-9-6-11(26-27(22,23)24)3-4-12(9)25-2/h3-4,6-7H,5H2,1-2H3,(H,22,23,24)(H4,17,18,19,20,21). The van der Waals surface area contributed by atoms with Crippen LogP contribution in [0.15, 0.2) is 24.4 Å². The molecule has 0 aliphatic heterocycles. The summed E-state index contributed by atoms with van der Waals surface area (Å²) < 4.78 is 40.6. The van der Waals surface area contributed by atoms with Crippen molar-refractivity contribution in [1.29, 1.82) is 0 Å². The van der Waals surface area contributed by atoms with Gasteiger partial charge in [0.1, 0.15) is 17.3 Å². The Morgan fingerprint density at radius 3 is 2.59 bits per heavy atom. The van der Waals surface area contributed by atoms with Gasteiger partial charge in [-0.1, -0.05) is 0 Å². The molecule has 5 N–H and O–H groups in total. The lowest BCUT2D eigenvalue weighted by Crippen LogP contribution is -2.07. The molecular weight excluding hydrogens is 374 g/mol. The largest absolute Gasteiger partial charge is 0.496 e. The van der Waals surface area contributed by atoms with E-state index in [0.29, 0.717) is 28.8 Å². The molecule has 0 unspecified atom stereocenters. The van der Waals surface area contributed by atoms with Crippen molar-refractivity contribution in [3.8, 4) is 11.5 Å². The smallest absolute Gasteiger partial charge is 0.446 e. The Labute approximate surface area is 155 Å². The van der Waals surface area contributed by atoms with Gasteiger partial charge in [0.25, 0.3) is 0 Å². The van der Waals surface area contributed by atoms with Crippen LogP contribution in [0.25, 0.3) is 11.0 Å². The van der Waals surface area contributed by atoms with Crippen LogP contribution >= 0.6 is 0 Å². The normalized spacial score (nSPS) is 11.5. The second-order valence-corrected chi connectivity index (χ2v) is 6.76. The molecule has 0 saturated heterocycles. The lowest BCUT2D eigenvalue weighted by atomic mass is 9.99. The number of ether oxygens (including phenoxy) is 1. The zero-order chi connectivity index (χ0) is 19.8. The number of rotatable bonds is 5. The van der Waals surface area contributed by atoms with Gasteiger partial charge in [0.15, 0.2) is 5.65 Å². The summed E-state index contributed by atoms with van der Waals surface area (Å²) in [6.07, 6.45) is 1.96. The van der Waals surface area contributed by atoms with Crippen molar-refractivity contribution in [1.82, 2.24) is 15.0 Å². The highest BCUT2D eigenvalue weighted by Gasteiger charge is 2.15. The highest BCUT2D eigenvalue weighted by Crippen LogP contribution is 2.30. The molecule has 0 radical (unpaired) electrons. The van der Waals surface area contributed by atoms with Gasteiger partial charge in [0.05, 0.1) is 12.5 Å². The van der Waals surface area contributed by atoms with Crippen molar-refractivity contribution >= 4 is 33.2 Å². The third-order valence-electron chi connectivity index (χ3n) is 3.97. The Bertz CT molecular complexity index is 1130. The summed E-state index contributed by atoms with van der Waals surface area (Å²) in [5, 5.41) is 0.589. The van der Waals surface area contributed by atoms with Gasteiger partial charge in [-0.05, 0) is 36.2 Å². The van der Waals surface area contributed by atoms with E-state index in [9.17, 15) is 8.42 Å². The molecule has 0 saturated carbocycles. The minimum absolute atomic E-state index is 0.0383. The molecule has 2 heterocycles. The van der Waals surface area contributed by atoms with Crippen molar-refractivity contribution in [2.45, 2.75) is 13.3 Å². The molecule has 0 spiro atoms. The minimum atomic E-state index is -4.63. The van der Waals surface area contributed by atoms with Gasteiger partial charge in [0, 0.05) is 18.2 Å². The summed E-state index contributed by atoms with van der Waals surface area (Å²) >= 11 is 0. The zero-order valence-corrected chi connectivity index (χ0v) is 15.3. The summed E-state index contributed by atoms with van der Waals surface area (Å²) in [7, 11) is -3.14. The lowest BCUT2D eigenvalue weighted by molar-refractivity contribution is 0.384. The number of hydrogen-bond acceptors (Lipinski definition) is 9. The van der Waals surface area contributed by atoms with E-state index in [1.165, 1.54) is 25.3 Å². The average Bonchev–Trinajstić information content (AvgIpc) is 2.55. The van der Waals surface area contributed by atoms with Crippen LogP contribution in [-0.4, -0.2) is 35.0 Å². The Balaban J connectivity index is 2.06. The molecule has 1 aromatic carbocycles. The number of aryl methyl sites for hydroxylation is 1. The van der Waals surface area contributed by atoms with Crippen molar-refractivity contribution in [2.75, 3.05) is 18.6 Å². The molecule has 0 fully saturated rings. The highest BCUT2D eigenvalue weighted by atomic mass is 32.3. The first-order valence-electron chi connectivity index (χ1n) is 7.69. The summed E-state index contributed by atoms with van der Waals surface area (Å²) in [6, 6.07) is 4.37. The van der Waals surface area contributed by atoms with Crippen LogP contribution < -0.4 is 20.4 Å². The van der Waals surface area contributed by atoms with Crippen LogP contribution in [0.2, 0.25) is 0 Å². The van der Waals surface area contributed by atoms with Crippen molar-refractivity contribution in [2.24, 2.45) is 0 Å². The molecule has 10 nitrogen and oxygen atoms in total. The van der Waals surface area contributed by atoms with Crippen LogP contribution in [0.3, 0.4) is 0 Å². The van der Waals surface area contributed by atoms with E-state index < -0.39 is 10.4 Å². The Morgan fingerprint density at radius 1 is 1.19 bits per heavy atom. The topological polar surface area (TPSA) is 164 Å². The van der Waals surface area contributed by atoms with Gasteiger partial charge < -0.3 is 20.4 Å². The third-order valence-corrected chi connectivity index (χ3v) is 4.37. The van der Waals surface area contributed by atoms with E-state index in [1.807, 2.05) is 6.92 Å². The number of benzene rings is 1. The van der Waals surface area contributed by atoms with E-state index >= 15 is 0 Å². The zero-order valence-electron chi connectivity index (χ0n) is 14.5. The summed E-state index contributed by atoms with van der Waals surface area (Å²) in [4.78, 5) is 12.3. The van der Waals surface area contributed by atoms with E-state index in [2.05, 4.69) is 19.1 Å². The Kier molecular flexibility index (Phi) is 4.72. The molecule has 0 aliphatic rings. The van der Waals surface area contributed by atoms with Crippen LogP contribution in [0.4, 0.5) is 11.8 Å². The van der Waals surface area contributed by atoms with Gasteiger partial charge in [-0.3, -0.25) is 4.55 Å². The monoisotopic (exact) mass is 391 g/mol. The van der Waals surface area contributed by atoms with Crippen LogP contribution in [0.5, 0.6) is 11.5 Å². The minimum Gasteiger partial charge on any atom is -0.496 e. The maximum absolute atomic E-state index is 10.9. The number of nitrogens with zero attached hydrogens (tertiary/aromatic N) is 3. The molecular formula is C16H17N5O5S. The fraction of sp³-hybridized carbons (Fsp3) is 0.188. The van der Waals surface area contributed by atoms with Gasteiger partial charge in [-0.2, -0.15) is 18.4 Å². The number of nitrogen functional groups attached to an aromatic ring is 2. The summed E-state index contributed by atoms with van der Waals surface area (Å²) in [5.74, 6) is 0.727. The third kappa shape index (κ3) is 3.99. The molecule has 0 bridgehead atoms. The second-order valence-electron chi connectivity index (χ2n) is 5.74. The summed E-state index contributed by atoms with van der Waals surface area (Å²) in [5.41, 5.74) is 14.2. The first-order chi connectivity index (χ1) is 12.7. The molecule has 0 aliphatic carbocycles. The molecule has 3 aromatic rings. The number of methoxy groups -OCH3 is 1. The number of hydrogen-bond donors (Lipinski definition) is 3. The fourth-order valence-electron chi connectivity index (χ4n) is 2.78. The first-order valence-corrected chi connectivity index (χ1v) is 9.05.